The average molecular weight is 302 g/mol. The van der Waals surface area contributed by atoms with E-state index in [9.17, 15) is 0 Å². The van der Waals surface area contributed by atoms with Gasteiger partial charge >= 0.3 is 0 Å². The maximum absolute atomic E-state index is 2.59. The van der Waals surface area contributed by atoms with Gasteiger partial charge in [0.05, 0.1) is 0 Å². The summed E-state index contributed by atoms with van der Waals surface area (Å²) in [6, 6.07) is 10.8. The number of halogens is 1. The van der Waals surface area contributed by atoms with Crippen LogP contribution in [0.1, 0.15) is 38.2 Å². The van der Waals surface area contributed by atoms with Crippen molar-refractivity contribution >= 4 is 22.6 Å². The Hall–Kier alpha value is -0.0500. The zero-order valence-corrected chi connectivity index (χ0v) is 11.0. The molecule has 1 aromatic rings. The van der Waals surface area contributed by atoms with Gasteiger partial charge in [0, 0.05) is 3.92 Å². The lowest BCUT2D eigenvalue weighted by molar-refractivity contribution is 0.663. The van der Waals surface area contributed by atoms with Crippen molar-refractivity contribution in [2.24, 2.45) is 0 Å². The van der Waals surface area contributed by atoms with Crippen molar-refractivity contribution in [1.29, 1.82) is 0 Å². The molecule has 0 heterocycles. The molecule has 0 bridgehead atoms. The first-order valence-corrected chi connectivity index (χ1v) is 6.75. The van der Waals surface area contributed by atoms with Gasteiger partial charge in [-0.3, -0.25) is 0 Å². The van der Waals surface area contributed by atoms with Gasteiger partial charge in [-0.25, -0.2) is 0 Å². The van der Waals surface area contributed by atoms with Gasteiger partial charge in [-0.15, -0.1) is 0 Å². The maximum Gasteiger partial charge on any atom is 0.0113 e. The molecule has 1 unspecified atom stereocenters. The highest BCUT2D eigenvalue weighted by Crippen LogP contribution is 2.17. The number of rotatable bonds is 6. The van der Waals surface area contributed by atoms with Gasteiger partial charge in [0.1, 0.15) is 0 Å². The number of aryl methyl sites for hydroxylation is 1. The van der Waals surface area contributed by atoms with Gasteiger partial charge in [0.2, 0.25) is 0 Å². The number of hydrogen-bond acceptors (Lipinski definition) is 0. The fourth-order valence-electron chi connectivity index (χ4n) is 1.54. The summed E-state index contributed by atoms with van der Waals surface area (Å²) >= 11 is 2.59. The quantitative estimate of drug-likeness (QED) is 0.531. The lowest BCUT2D eigenvalue weighted by Crippen LogP contribution is -1.99. The second-order valence-corrected chi connectivity index (χ2v) is 5.53. The zero-order chi connectivity index (χ0) is 10.2. The largest absolute Gasteiger partial charge is 0.0826 e. The SMILES string of the molecule is CCCCC(I)CCc1ccccc1. The van der Waals surface area contributed by atoms with E-state index in [1.165, 1.54) is 37.7 Å². The minimum atomic E-state index is 0.854. The van der Waals surface area contributed by atoms with Crippen LogP contribution in [0, 0.1) is 0 Å². The van der Waals surface area contributed by atoms with Crippen LogP contribution in [0.15, 0.2) is 30.3 Å². The van der Waals surface area contributed by atoms with Gasteiger partial charge in [0.25, 0.3) is 0 Å². The number of unbranched alkanes of at least 4 members (excludes halogenated alkanes) is 1. The van der Waals surface area contributed by atoms with E-state index in [1.54, 1.807) is 0 Å². The Morgan fingerprint density at radius 2 is 1.86 bits per heavy atom. The van der Waals surface area contributed by atoms with E-state index in [0.717, 1.165) is 3.92 Å². The zero-order valence-electron chi connectivity index (χ0n) is 8.88. The third-order valence-corrected chi connectivity index (χ3v) is 3.71. The van der Waals surface area contributed by atoms with Gasteiger partial charge < -0.3 is 0 Å². The monoisotopic (exact) mass is 302 g/mol. The normalized spacial score (nSPS) is 12.7. The van der Waals surface area contributed by atoms with Crippen LogP contribution >= 0.6 is 22.6 Å². The maximum atomic E-state index is 2.59. The molecule has 0 fully saturated rings. The fourth-order valence-corrected chi connectivity index (χ4v) is 2.29. The van der Waals surface area contributed by atoms with Crippen LogP contribution in [-0.2, 0) is 6.42 Å². The summed E-state index contributed by atoms with van der Waals surface area (Å²) in [5, 5.41) is 0. The lowest BCUT2D eigenvalue weighted by atomic mass is 10.1. The summed E-state index contributed by atoms with van der Waals surface area (Å²) in [4.78, 5) is 0. The summed E-state index contributed by atoms with van der Waals surface area (Å²) in [6.07, 6.45) is 6.64. The van der Waals surface area contributed by atoms with Crippen LogP contribution in [0.3, 0.4) is 0 Å². The van der Waals surface area contributed by atoms with Crippen molar-refractivity contribution in [3.63, 3.8) is 0 Å². The highest BCUT2D eigenvalue weighted by atomic mass is 127. The van der Waals surface area contributed by atoms with Crippen molar-refractivity contribution in [2.45, 2.75) is 43.0 Å². The van der Waals surface area contributed by atoms with E-state index in [4.69, 9.17) is 0 Å². The summed E-state index contributed by atoms with van der Waals surface area (Å²) in [5.74, 6) is 0. The molecule has 0 amide bonds. The van der Waals surface area contributed by atoms with E-state index in [2.05, 4.69) is 59.8 Å². The molecule has 0 radical (unpaired) electrons. The third kappa shape index (κ3) is 4.99. The molecule has 0 saturated carbocycles. The Morgan fingerprint density at radius 3 is 2.50 bits per heavy atom. The lowest BCUT2D eigenvalue weighted by Gasteiger charge is -2.08. The van der Waals surface area contributed by atoms with E-state index in [0.29, 0.717) is 0 Å². The third-order valence-electron chi connectivity index (χ3n) is 2.46. The van der Waals surface area contributed by atoms with Gasteiger partial charge in [-0.1, -0.05) is 72.7 Å². The first-order valence-electron chi connectivity index (χ1n) is 5.51. The Kier molecular flexibility index (Phi) is 6.24. The summed E-state index contributed by atoms with van der Waals surface area (Å²) < 4.78 is 0.854. The average Bonchev–Trinajstić information content (AvgIpc) is 2.25. The molecule has 0 spiro atoms. The van der Waals surface area contributed by atoms with Crippen molar-refractivity contribution in [1.82, 2.24) is 0 Å². The van der Waals surface area contributed by atoms with E-state index < -0.39 is 0 Å². The van der Waals surface area contributed by atoms with Crippen LogP contribution in [0.4, 0.5) is 0 Å². The van der Waals surface area contributed by atoms with E-state index >= 15 is 0 Å². The predicted octanol–water partition coefficient (Wildman–Crippen LogP) is 4.61. The molecule has 1 atom stereocenters. The molecular weight excluding hydrogens is 283 g/mol. The van der Waals surface area contributed by atoms with Crippen LogP contribution in [0.25, 0.3) is 0 Å². The first kappa shape index (κ1) is 12.0. The molecule has 0 saturated heterocycles. The van der Waals surface area contributed by atoms with Crippen LogP contribution in [-0.4, -0.2) is 3.92 Å². The molecule has 0 aliphatic heterocycles. The molecule has 1 heteroatoms. The fraction of sp³-hybridized carbons (Fsp3) is 0.538. The molecule has 0 nitrogen and oxygen atoms in total. The Morgan fingerprint density at radius 1 is 1.14 bits per heavy atom. The van der Waals surface area contributed by atoms with Crippen LogP contribution in [0.5, 0.6) is 0 Å². The number of alkyl halides is 1. The van der Waals surface area contributed by atoms with Crippen LogP contribution < -0.4 is 0 Å². The number of hydrogen-bond donors (Lipinski definition) is 0. The molecule has 78 valence electrons. The Bertz CT molecular complexity index is 230. The van der Waals surface area contributed by atoms with Crippen molar-refractivity contribution in [3.05, 3.63) is 35.9 Å². The molecule has 0 aliphatic carbocycles. The Balaban J connectivity index is 2.20. The molecule has 14 heavy (non-hydrogen) atoms. The van der Waals surface area contributed by atoms with E-state index in [1.807, 2.05) is 0 Å². The molecule has 0 N–H and O–H groups in total. The minimum absolute atomic E-state index is 0.854. The van der Waals surface area contributed by atoms with Crippen LogP contribution in [0.2, 0.25) is 0 Å². The summed E-state index contributed by atoms with van der Waals surface area (Å²) in [5.41, 5.74) is 1.48. The highest BCUT2D eigenvalue weighted by molar-refractivity contribution is 14.1. The second-order valence-electron chi connectivity index (χ2n) is 3.76. The number of benzene rings is 1. The molecule has 1 aromatic carbocycles. The topological polar surface area (TPSA) is 0 Å². The summed E-state index contributed by atoms with van der Waals surface area (Å²) in [7, 11) is 0. The molecule has 1 rings (SSSR count). The van der Waals surface area contributed by atoms with Crippen molar-refractivity contribution < 1.29 is 0 Å². The van der Waals surface area contributed by atoms with Gasteiger partial charge in [0.15, 0.2) is 0 Å². The molecule has 0 aliphatic rings. The van der Waals surface area contributed by atoms with Crippen molar-refractivity contribution in [2.75, 3.05) is 0 Å². The van der Waals surface area contributed by atoms with Gasteiger partial charge in [-0.2, -0.15) is 0 Å². The van der Waals surface area contributed by atoms with Crippen molar-refractivity contribution in [3.8, 4) is 0 Å². The highest BCUT2D eigenvalue weighted by Gasteiger charge is 2.03. The standard InChI is InChI=1S/C13H19I/c1-2-3-9-13(14)11-10-12-7-5-4-6-8-12/h4-8,13H,2-3,9-11H2,1H3. The second kappa shape index (κ2) is 7.27. The van der Waals surface area contributed by atoms with Gasteiger partial charge in [-0.05, 0) is 24.8 Å². The summed E-state index contributed by atoms with van der Waals surface area (Å²) in [6.45, 7) is 2.26. The smallest absolute Gasteiger partial charge is 0.0113 e. The molecule has 0 aromatic heterocycles. The first-order chi connectivity index (χ1) is 6.83. The minimum Gasteiger partial charge on any atom is -0.0826 e. The Labute approximate surface area is 101 Å². The van der Waals surface area contributed by atoms with E-state index in [-0.39, 0.29) is 0 Å². The predicted molar refractivity (Wildman–Crippen MR) is 72.1 cm³/mol. The molecular formula is C13H19I.